The quantitative estimate of drug-likeness (QED) is 0.201. The average Bonchev–Trinajstić information content (AvgIpc) is 2.79. The van der Waals surface area contributed by atoms with Crippen molar-refractivity contribution < 1.29 is 28.7 Å². The van der Waals surface area contributed by atoms with E-state index in [1.54, 1.807) is 12.1 Å². The van der Waals surface area contributed by atoms with Crippen molar-refractivity contribution in [1.29, 1.82) is 0 Å². The third kappa shape index (κ3) is 4.67. The van der Waals surface area contributed by atoms with E-state index in [1.807, 2.05) is 0 Å². The molecule has 1 aromatic heterocycles. The number of rotatable bonds is 6. The Morgan fingerprint density at radius 1 is 1.12 bits per heavy atom. The number of aliphatic hydroxyl groups excluding tert-OH is 1. The minimum atomic E-state index is -0.816. The fraction of sp³-hybridized carbons (Fsp3) is 0.273. The predicted octanol–water partition coefficient (Wildman–Crippen LogP) is 2.24. The number of nitrogens with zero attached hydrogens (tertiary/aromatic N) is 2. The number of benzene rings is 2. The summed E-state index contributed by atoms with van der Waals surface area (Å²) in [5.74, 6) is -0.688. The molecule has 0 bridgehead atoms. The van der Waals surface area contributed by atoms with E-state index >= 15 is 0 Å². The fourth-order valence-corrected chi connectivity index (χ4v) is 3.57. The SMILES string of the molecule is O=C(Oc1ccc2c(CN3CCOCC3)cc(=O)oc2c1)c1ccc(CO)c([N+](=O)[O-])c1. The lowest BCUT2D eigenvalue weighted by molar-refractivity contribution is -0.385. The molecule has 0 atom stereocenters. The zero-order chi connectivity index (χ0) is 22.7. The van der Waals surface area contributed by atoms with Crippen LogP contribution in [0, 0.1) is 10.1 Å². The van der Waals surface area contributed by atoms with Gasteiger partial charge in [-0.25, -0.2) is 9.59 Å². The van der Waals surface area contributed by atoms with Crippen LogP contribution >= 0.6 is 0 Å². The molecule has 1 saturated heterocycles. The zero-order valence-electron chi connectivity index (χ0n) is 17.0. The van der Waals surface area contributed by atoms with Gasteiger partial charge >= 0.3 is 11.6 Å². The molecular formula is C22H20N2O8. The smallest absolute Gasteiger partial charge is 0.343 e. The third-order valence-electron chi connectivity index (χ3n) is 5.20. The minimum Gasteiger partial charge on any atom is -0.423 e. The van der Waals surface area contributed by atoms with Gasteiger partial charge in [0.1, 0.15) is 11.3 Å². The van der Waals surface area contributed by atoms with Gasteiger partial charge in [-0.05, 0) is 29.8 Å². The molecule has 2 aromatic carbocycles. The summed E-state index contributed by atoms with van der Waals surface area (Å²) in [7, 11) is 0. The molecule has 0 aliphatic carbocycles. The maximum absolute atomic E-state index is 12.5. The largest absolute Gasteiger partial charge is 0.423 e. The Hall–Kier alpha value is -3.60. The summed E-state index contributed by atoms with van der Waals surface area (Å²) < 4.78 is 16.0. The summed E-state index contributed by atoms with van der Waals surface area (Å²) in [4.78, 5) is 37.2. The van der Waals surface area contributed by atoms with Gasteiger partial charge in [0.15, 0.2) is 0 Å². The van der Waals surface area contributed by atoms with Crippen LogP contribution in [0.2, 0.25) is 0 Å². The van der Waals surface area contributed by atoms with Crippen LogP contribution in [0.15, 0.2) is 51.7 Å². The number of hydrogen-bond donors (Lipinski definition) is 1. The highest BCUT2D eigenvalue weighted by Gasteiger charge is 2.19. The number of nitro benzene ring substituents is 1. The lowest BCUT2D eigenvalue weighted by atomic mass is 10.1. The van der Waals surface area contributed by atoms with E-state index in [1.165, 1.54) is 24.3 Å². The number of hydrogen-bond acceptors (Lipinski definition) is 9. The van der Waals surface area contributed by atoms with Gasteiger partial charge in [0.2, 0.25) is 0 Å². The second kappa shape index (κ2) is 9.27. The van der Waals surface area contributed by atoms with Gasteiger partial charge in [-0.3, -0.25) is 15.0 Å². The molecule has 1 fully saturated rings. The summed E-state index contributed by atoms with van der Waals surface area (Å²) >= 11 is 0. The van der Waals surface area contributed by atoms with E-state index < -0.39 is 23.1 Å². The number of nitro groups is 1. The molecular weight excluding hydrogens is 420 g/mol. The maximum Gasteiger partial charge on any atom is 0.343 e. The number of esters is 1. The summed E-state index contributed by atoms with van der Waals surface area (Å²) in [6, 6.07) is 9.84. The predicted molar refractivity (Wildman–Crippen MR) is 113 cm³/mol. The van der Waals surface area contributed by atoms with E-state index in [0.717, 1.165) is 30.1 Å². The first-order chi connectivity index (χ1) is 15.4. The molecule has 10 heteroatoms. The lowest BCUT2D eigenvalue weighted by Gasteiger charge is -2.26. The molecule has 3 aromatic rings. The van der Waals surface area contributed by atoms with E-state index in [9.17, 15) is 24.8 Å². The van der Waals surface area contributed by atoms with Crippen LogP contribution in [0.5, 0.6) is 5.75 Å². The summed E-state index contributed by atoms with van der Waals surface area (Å²) in [5, 5.41) is 21.1. The third-order valence-corrected chi connectivity index (χ3v) is 5.20. The summed E-state index contributed by atoms with van der Waals surface area (Å²) in [6.45, 7) is 2.83. The maximum atomic E-state index is 12.5. The second-order valence-corrected chi connectivity index (χ2v) is 7.29. The van der Waals surface area contributed by atoms with E-state index in [-0.39, 0.29) is 28.1 Å². The van der Waals surface area contributed by atoms with Gasteiger partial charge in [0.25, 0.3) is 5.69 Å². The van der Waals surface area contributed by atoms with Gasteiger partial charge in [-0.2, -0.15) is 0 Å². The molecule has 4 rings (SSSR count). The van der Waals surface area contributed by atoms with Crippen LogP contribution in [0.3, 0.4) is 0 Å². The van der Waals surface area contributed by atoms with Crippen LogP contribution in [0.4, 0.5) is 5.69 Å². The van der Waals surface area contributed by atoms with Gasteiger partial charge < -0.3 is 19.0 Å². The zero-order valence-corrected chi connectivity index (χ0v) is 17.0. The monoisotopic (exact) mass is 440 g/mol. The molecule has 1 aliphatic heterocycles. The number of ether oxygens (including phenoxy) is 2. The van der Waals surface area contributed by atoms with Crippen molar-refractivity contribution in [3.63, 3.8) is 0 Å². The topological polar surface area (TPSA) is 132 Å². The molecule has 0 unspecified atom stereocenters. The number of fused-ring (bicyclic) bond motifs is 1. The first-order valence-corrected chi connectivity index (χ1v) is 9.92. The van der Waals surface area contributed by atoms with Crippen molar-refractivity contribution in [3.05, 3.63) is 79.7 Å². The van der Waals surface area contributed by atoms with Gasteiger partial charge in [0, 0.05) is 43.2 Å². The molecule has 10 nitrogen and oxygen atoms in total. The lowest BCUT2D eigenvalue weighted by Crippen LogP contribution is -2.35. The Labute approximate surface area is 181 Å². The molecule has 32 heavy (non-hydrogen) atoms. The van der Waals surface area contributed by atoms with Crippen molar-refractivity contribution in [1.82, 2.24) is 4.90 Å². The Balaban J connectivity index is 1.59. The molecule has 1 N–H and O–H groups in total. The Morgan fingerprint density at radius 2 is 1.91 bits per heavy atom. The average molecular weight is 440 g/mol. The molecule has 0 amide bonds. The fourth-order valence-electron chi connectivity index (χ4n) is 3.57. The van der Waals surface area contributed by atoms with Crippen LogP contribution in [-0.2, 0) is 17.9 Å². The number of carbonyl (C=O) groups is 1. The number of aliphatic hydroxyl groups is 1. The van der Waals surface area contributed by atoms with E-state index in [0.29, 0.717) is 19.8 Å². The van der Waals surface area contributed by atoms with Crippen LogP contribution in [0.25, 0.3) is 11.0 Å². The van der Waals surface area contributed by atoms with Gasteiger partial charge in [-0.1, -0.05) is 0 Å². The Morgan fingerprint density at radius 3 is 2.62 bits per heavy atom. The van der Waals surface area contributed by atoms with Gasteiger partial charge in [0.05, 0.1) is 35.9 Å². The minimum absolute atomic E-state index is 0.0449. The number of morpholine rings is 1. The highest BCUT2D eigenvalue weighted by molar-refractivity contribution is 5.92. The summed E-state index contributed by atoms with van der Waals surface area (Å²) in [5.41, 5.74) is 0.223. The van der Waals surface area contributed by atoms with Crippen molar-refractivity contribution in [2.24, 2.45) is 0 Å². The first kappa shape index (κ1) is 21.6. The van der Waals surface area contributed by atoms with Crippen LogP contribution in [-0.4, -0.2) is 47.2 Å². The van der Waals surface area contributed by atoms with Crippen molar-refractivity contribution >= 4 is 22.6 Å². The molecule has 1 aliphatic rings. The summed E-state index contributed by atoms with van der Waals surface area (Å²) in [6.07, 6.45) is 0. The van der Waals surface area contributed by atoms with E-state index in [4.69, 9.17) is 13.9 Å². The van der Waals surface area contributed by atoms with Crippen molar-refractivity contribution in [3.8, 4) is 5.75 Å². The Kier molecular flexibility index (Phi) is 6.26. The molecule has 0 spiro atoms. The highest BCUT2D eigenvalue weighted by Crippen LogP contribution is 2.26. The van der Waals surface area contributed by atoms with Crippen molar-refractivity contribution in [2.45, 2.75) is 13.2 Å². The molecule has 166 valence electrons. The van der Waals surface area contributed by atoms with Gasteiger partial charge in [-0.15, -0.1) is 0 Å². The van der Waals surface area contributed by atoms with Crippen LogP contribution in [0.1, 0.15) is 21.5 Å². The highest BCUT2D eigenvalue weighted by atomic mass is 16.6. The van der Waals surface area contributed by atoms with Crippen LogP contribution < -0.4 is 10.4 Å². The second-order valence-electron chi connectivity index (χ2n) is 7.29. The normalized spacial score (nSPS) is 14.4. The van der Waals surface area contributed by atoms with Crippen molar-refractivity contribution in [2.75, 3.05) is 26.3 Å². The number of carbonyl (C=O) groups excluding carboxylic acids is 1. The molecule has 0 saturated carbocycles. The standard InChI is InChI=1S/C22H20N2O8/c25-13-15-2-1-14(9-19(15)24(28)29)22(27)31-17-3-4-18-16(10-21(26)32-20(18)11-17)12-23-5-7-30-8-6-23/h1-4,9-11,25H,5-8,12-13H2. The molecule has 2 heterocycles. The first-order valence-electron chi connectivity index (χ1n) is 9.92. The molecule has 0 radical (unpaired) electrons. The Bertz CT molecular complexity index is 1230. The van der Waals surface area contributed by atoms with E-state index in [2.05, 4.69) is 4.90 Å².